The minimum absolute atomic E-state index is 0.0676. The maximum absolute atomic E-state index is 10.8. The van der Waals surface area contributed by atoms with E-state index in [0.717, 1.165) is 31.7 Å². The molecule has 0 unspecified atom stereocenters. The van der Waals surface area contributed by atoms with Gasteiger partial charge in [0.15, 0.2) is 0 Å². The highest BCUT2D eigenvalue weighted by molar-refractivity contribution is 7.99. The van der Waals surface area contributed by atoms with E-state index in [1.54, 1.807) is 0 Å². The SMILES string of the molecule is CSc1c(CC(=O)O)oc2ccc(C(C)C)cc12.CSc1c(CC(=O)O)oc2ccc(C(C)C)cc12. The highest BCUT2D eigenvalue weighted by Crippen LogP contribution is 2.36. The molecular weight excluding hydrogens is 496 g/mol. The Balaban J connectivity index is 0.000000201. The summed E-state index contributed by atoms with van der Waals surface area (Å²) in [5.41, 5.74) is 4.00. The average molecular weight is 529 g/mol. The van der Waals surface area contributed by atoms with Crippen LogP contribution in [0.4, 0.5) is 0 Å². The summed E-state index contributed by atoms with van der Waals surface area (Å²) in [6.45, 7) is 8.55. The van der Waals surface area contributed by atoms with Gasteiger partial charge in [-0.2, -0.15) is 0 Å². The first kappa shape index (κ1) is 27.7. The summed E-state index contributed by atoms with van der Waals surface area (Å²) in [5.74, 6) is 0.252. The van der Waals surface area contributed by atoms with Crippen molar-refractivity contribution in [2.24, 2.45) is 0 Å². The van der Waals surface area contributed by atoms with Crippen molar-refractivity contribution in [2.45, 2.75) is 62.2 Å². The third-order valence-corrected chi connectivity index (χ3v) is 7.55. The number of hydrogen-bond acceptors (Lipinski definition) is 6. The molecule has 0 fully saturated rings. The van der Waals surface area contributed by atoms with Gasteiger partial charge in [-0.05, 0) is 59.7 Å². The molecule has 0 amide bonds. The first-order chi connectivity index (χ1) is 17.0. The van der Waals surface area contributed by atoms with Crippen LogP contribution in [-0.4, -0.2) is 34.7 Å². The van der Waals surface area contributed by atoms with E-state index in [1.165, 1.54) is 34.7 Å². The molecule has 4 aromatic rings. The Hall–Kier alpha value is -2.84. The summed E-state index contributed by atoms with van der Waals surface area (Å²) < 4.78 is 11.3. The molecule has 192 valence electrons. The maximum atomic E-state index is 10.8. The number of carbonyl (C=O) groups is 2. The van der Waals surface area contributed by atoms with Gasteiger partial charge in [0, 0.05) is 10.8 Å². The molecule has 36 heavy (non-hydrogen) atoms. The molecule has 6 nitrogen and oxygen atoms in total. The Labute approximate surface area is 219 Å². The highest BCUT2D eigenvalue weighted by Gasteiger charge is 2.18. The number of thioether (sulfide) groups is 2. The van der Waals surface area contributed by atoms with E-state index in [1.807, 2.05) is 36.8 Å². The Morgan fingerprint density at radius 1 is 0.722 bits per heavy atom. The van der Waals surface area contributed by atoms with E-state index in [2.05, 4.69) is 39.8 Å². The lowest BCUT2D eigenvalue weighted by Crippen LogP contribution is -1.99. The predicted molar refractivity (Wildman–Crippen MR) is 147 cm³/mol. The van der Waals surface area contributed by atoms with E-state index in [9.17, 15) is 9.59 Å². The first-order valence-electron chi connectivity index (χ1n) is 11.7. The van der Waals surface area contributed by atoms with Crippen LogP contribution >= 0.6 is 23.5 Å². The van der Waals surface area contributed by atoms with Crippen LogP contribution in [0.25, 0.3) is 21.9 Å². The smallest absolute Gasteiger partial charge is 0.311 e. The number of rotatable bonds is 8. The van der Waals surface area contributed by atoms with E-state index >= 15 is 0 Å². The van der Waals surface area contributed by atoms with E-state index in [0.29, 0.717) is 23.4 Å². The van der Waals surface area contributed by atoms with Crippen LogP contribution in [0.15, 0.2) is 55.0 Å². The van der Waals surface area contributed by atoms with Crippen LogP contribution in [0, 0.1) is 0 Å². The topological polar surface area (TPSA) is 101 Å². The normalized spacial score (nSPS) is 11.3. The lowest BCUT2D eigenvalue weighted by atomic mass is 10.0. The number of fused-ring (bicyclic) bond motifs is 2. The molecule has 2 aromatic heterocycles. The van der Waals surface area contributed by atoms with Crippen molar-refractivity contribution in [1.82, 2.24) is 0 Å². The van der Waals surface area contributed by atoms with Gasteiger partial charge in [0.1, 0.15) is 35.5 Å². The van der Waals surface area contributed by atoms with Gasteiger partial charge in [0.25, 0.3) is 0 Å². The van der Waals surface area contributed by atoms with Gasteiger partial charge < -0.3 is 19.0 Å². The number of aliphatic carboxylic acids is 2. The van der Waals surface area contributed by atoms with Gasteiger partial charge in [-0.3, -0.25) is 9.59 Å². The molecule has 0 aliphatic rings. The van der Waals surface area contributed by atoms with Crippen molar-refractivity contribution in [1.29, 1.82) is 0 Å². The van der Waals surface area contributed by atoms with Crippen molar-refractivity contribution in [3.63, 3.8) is 0 Å². The molecule has 0 bridgehead atoms. The number of furan rings is 2. The molecule has 0 saturated carbocycles. The quantitative estimate of drug-likeness (QED) is 0.223. The van der Waals surface area contributed by atoms with Crippen LogP contribution in [0.5, 0.6) is 0 Å². The largest absolute Gasteiger partial charge is 0.481 e. The summed E-state index contributed by atoms with van der Waals surface area (Å²) in [4.78, 5) is 23.5. The van der Waals surface area contributed by atoms with E-state index in [-0.39, 0.29) is 12.8 Å². The monoisotopic (exact) mass is 528 g/mol. The molecule has 4 rings (SSSR count). The molecule has 0 atom stereocenters. The summed E-state index contributed by atoms with van der Waals surface area (Å²) in [7, 11) is 0. The molecule has 0 saturated heterocycles. The lowest BCUT2D eigenvalue weighted by Gasteiger charge is -2.04. The van der Waals surface area contributed by atoms with Gasteiger partial charge in [-0.1, -0.05) is 39.8 Å². The van der Waals surface area contributed by atoms with Crippen molar-refractivity contribution in [3.05, 3.63) is 59.0 Å². The van der Waals surface area contributed by atoms with Crippen molar-refractivity contribution < 1.29 is 28.6 Å². The van der Waals surface area contributed by atoms with Crippen LogP contribution in [0.2, 0.25) is 0 Å². The Bertz CT molecular complexity index is 1270. The number of hydrogen-bond donors (Lipinski definition) is 2. The van der Waals surface area contributed by atoms with Crippen molar-refractivity contribution in [2.75, 3.05) is 12.5 Å². The fourth-order valence-electron chi connectivity index (χ4n) is 3.96. The molecule has 0 radical (unpaired) electrons. The van der Waals surface area contributed by atoms with E-state index < -0.39 is 11.9 Å². The molecule has 2 aromatic carbocycles. The third kappa shape index (κ3) is 6.28. The van der Waals surface area contributed by atoms with Gasteiger partial charge in [0.05, 0.1) is 9.79 Å². The first-order valence-corrected chi connectivity index (χ1v) is 14.1. The second kappa shape index (κ2) is 11.9. The molecular formula is C28H32O6S2. The minimum atomic E-state index is -0.867. The molecule has 0 spiro atoms. The molecule has 2 N–H and O–H groups in total. The van der Waals surface area contributed by atoms with Gasteiger partial charge in [-0.15, -0.1) is 23.5 Å². The van der Waals surface area contributed by atoms with Gasteiger partial charge in [-0.25, -0.2) is 0 Å². The Morgan fingerprint density at radius 2 is 1.08 bits per heavy atom. The lowest BCUT2D eigenvalue weighted by molar-refractivity contribution is -0.137. The van der Waals surface area contributed by atoms with Gasteiger partial charge in [0.2, 0.25) is 0 Å². The van der Waals surface area contributed by atoms with Crippen LogP contribution in [-0.2, 0) is 22.4 Å². The summed E-state index contributed by atoms with van der Waals surface area (Å²) >= 11 is 3.07. The standard InChI is InChI=1S/2C14H16O3S/c2*1-8(2)9-4-5-11-10(6-9)14(18-3)12(17-11)7-13(15)16/h2*4-6,8H,7H2,1-3H3,(H,15,16). The zero-order valence-electron chi connectivity index (χ0n) is 21.4. The molecule has 8 heteroatoms. The zero-order valence-corrected chi connectivity index (χ0v) is 23.0. The fraction of sp³-hybridized carbons (Fsp3) is 0.357. The molecule has 0 aliphatic heterocycles. The fourth-order valence-corrected chi connectivity index (χ4v) is 5.40. The van der Waals surface area contributed by atoms with Crippen LogP contribution < -0.4 is 0 Å². The van der Waals surface area contributed by atoms with E-state index in [4.69, 9.17) is 19.0 Å². The Kier molecular flexibility index (Phi) is 9.19. The third-order valence-electron chi connectivity index (χ3n) is 5.83. The zero-order chi connectivity index (χ0) is 26.6. The molecule has 0 aliphatic carbocycles. The Morgan fingerprint density at radius 3 is 1.36 bits per heavy atom. The number of benzene rings is 2. The second-order valence-corrected chi connectivity index (χ2v) is 10.7. The minimum Gasteiger partial charge on any atom is -0.481 e. The van der Waals surface area contributed by atoms with Crippen LogP contribution in [0.1, 0.15) is 62.2 Å². The molecule has 2 heterocycles. The van der Waals surface area contributed by atoms with Crippen LogP contribution in [0.3, 0.4) is 0 Å². The summed E-state index contributed by atoms with van der Waals surface area (Å²) in [5, 5.41) is 19.8. The average Bonchev–Trinajstić information content (AvgIpc) is 3.33. The van der Waals surface area contributed by atoms with Crippen molar-refractivity contribution in [3.8, 4) is 0 Å². The maximum Gasteiger partial charge on any atom is 0.311 e. The highest BCUT2D eigenvalue weighted by atomic mass is 32.2. The number of carboxylic acids is 2. The second-order valence-electron chi connectivity index (χ2n) is 9.08. The van der Waals surface area contributed by atoms with Crippen molar-refractivity contribution >= 4 is 57.4 Å². The predicted octanol–water partition coefficient (Wildman–Crippen LogP) is 7.81. The summed E-state index contributed by atoms with van der Waals surface area (Å²) in [6.07, 6.45) is 3.75. The summed E-state index contributed by atoms with van der Waals surface area (Å²) in [6, 6.07) is 12.1. The number of carboxylic acid groups (broad SMARTS) is 2. The van der Waals surface area contributed by atoms with Gasteiger partial charge >= 0.3 is 11.9 Å².